The summed E-state index contributed by atoms with van der Waals surface area (Å²) in [6.45, 7) is 29.1. The number of hydrogen-bond donors (Lipinski definition) is 1. The van der Waals surface area contributed by atoms with Crippen molar-refractivity contribution in [1.29, 1.82) is 0 Å². The van der Waals surface area contributed by atoms with Crippen molar-refractivity contribution in [3.05, 3.63) is 81.1 Å². The number of carbonyl (C=O) groups is 1. The number of nitrogens with zero attached hydrogens (tertiary/aromatic N) is 1. The van der Waals surface area contributed by atoms with E-state index in [4.69, 9.17) is 4.98 Å². The van der Waals surface area contributed by atoms with Gasteiger partial charge in [0.25, 0.3) is 0 Å². The van der Waals surface area contributed by atoms with E-state index in [0.717, 1.165) is 31.2 Å². The second-order valence-electron chi connectivity index (χ2n) is 17.2. The van der Waals surface area contributed by atoms with Crippen molar-refractivity contribution in [3.63, 3.8) is 0 Å². The van der Waals surface area contributed by atoms with E-state index in [1.54, 1.807) is 4.40 Å². The van der Waals surface area contributed by atoms with E-state index in [2.05, 4.69) is 110 Å². The number of fused-ring (bicyclic) bond motifs is 5. The first-order chi connectivity index (χ1) is 23.2. The minimum atomic E-state index is -2.34. The van der Waals surface area contributed by atoms with Crippen LogP contribution >= 0.6 is 0 Å². The van der Waals surface area contributed by atoms with E-state index in [-0.39, 0.29) is 54.3 Å². The molecule has 3 nitrogen and oxygen atoms in total. The van der Waals surface area contributed by atoms with Crippen molar-refractivity contribution in [2.75, 3.05) is 0 Å². The van der Waals surface area contributed by atoms with Gasteiger partial charge in [-0.05, 0) is 25.7 Å². The van der Waals surface area contributed by atoms with Gasteiger partial charge in [-0.1, -0.05) is 27.7 Å². The third-order valence-corrected chi connectivity index (χ3v) is 16.4. The number of pyridine rings is 1. The van der Waals surface area contributed by atoms with Crippen molar-refractivity contribution in [3.8, 4) is 11.3 Å². The Hall–Kier alpha value is -2.27. The van der Waals surface area contributed by atoms with Gasteiger partial charge in [0.1, 0.15) is 0 Å². The smallest absolute Gasteiger partial charge is 0 e. The molecule has 0 aliphatic heterocycles. The van der Waals surface area contributed by atoms with E-state index in [9.17, 15) is 9.90 Å². The van der Waals surface area contributed by atoms with Crippen LogP contribution in [0.1, 0.15) is 120 Å². The first-order valence-electron chi connectivity index (χ1n) is 19.1. The standard InChI is InChI=1S/C33H40GeN.C13H24O2.Ir/c1-18-13-21(4)27-26(14-18)35-31-25-17-23-15-19(2)20(3)16-24(23)22(5)28(25)32(6,7)33(8,9)29(31)30(27)34(10,11)12;1-5-10(6-2)12(14)9-13(15)11(7-3)8-4;/h13-16H,1-12H3;9-11,14H,5-8H2,1-4H3;/q-1;;/b;12-9-;. The van der Waals surface area contributed by atoms with Crippen molar-refractivity contribution < 1.29 is 30.0 Å². The van der Waals surface area contributed by atoms with Crippen LogP contribution < -0.4 is 4.40 Å². The maximum Gasteiger partial charge on any atom is 0 e. The maximum atomic E-state index is 11.7. The summed E-state index contributed by atoms with van der Waals surface area (Å²) in [4.78, 5) is 17.2. The average Bonchev–Trinajstić information content (AvgIpc) is 3.01. The van der Waals surface area contributed by atoms with Gasteiger partial charge in [0.05, 0.1) is 5.76 Å². The van der Waals surface area contributed by atoms with Crippen molar-refractivity contribution in [1.82, 2.24) is 4.98 Å². The van der Waals surface area contributed by atoms with Gasteiger partial charge in [0, 0.05) is 38.0 Å². The van der Waals surface area contributed by atoms with E-state index < -0.39 is 13.3 Å². The fourth-order valence-corrected chi connectivity index (χ4v) is 13.2. The number of aliphatic hydroxyl groups excluding tert-OH is 1. The first-order valence-corrected chi connectivity index (χ1v) is 26.4. The quantitative estimate of drug-likeness (QED) is 0.0829. The molecule has 0 spiro atoms. The molecular weight excluding hydrogens is 863 g/mol. The van der Waals surface area contributed by atoms with Gasteiger partial charge in [-0.25, -0.2) is 0 Å². The molecule has 5 rings (SSSR count). The van der Waals surface area contributed by atoms with Crippen LogP contribution in [0.4, 0.5) is 0 Å². The minimum absolute atomic E-state index is 0. The Labute approximate surface area is 326 Å². The summed E-state index contributed by atoms with van der Waals surface area (Å²) < 4.78 is 1.64. The molecule has 4 aromatic rings. The molecule has 0 amide bonds. The van der Waals surface area contributed by atoms with Crippen LogP contribution in [0.5, 0.6) is 0 Å². The number of aryl methyl sites for hydroxylation is 5. The summed E-state index contributed by atoms with van der Waals surface area (Å²) in [5, 5.41) is 13.7. The third kappa shape index (κ3) is 7.86. The van der Waals surface area contributed by atoms with Gasteiger partial charge >= 0.3 is 215 Å². The van der Waals surface area contributed by atoms with Gasteiger partial charge in [-0.3, -0.25) is 4.79 Å². The molecule has 0 saturated heterocycles. The molecule has 3 aromatic carbocycles. The molecule has 279 valence electrons. The maximum absolute atomic E-state index is 11.7. The monoisotopic (exact) mass is 929 g/mol. The molecule has 0 bridgehead atoms. The zero-order valence-corrected chi connectivity index (χ0v) is 39.0. The second kappa shape index (κ2) is 16.0. The molecule has 0 atom stereocenters. The Bertz CT molecular complexity index is 1970. The fraction of sp³-hybridized carbons (Fsp3) is 0.522. The second-order valence-corrected chi connectivity index (χ2v) is 27.7. The van der Waals surface area contributed by atoms with Crippen LogP contribution in [0.25, 0.3) is 32.9 Å². The van der Waals surface area contributed by atoms with Crippen LogP contribution in [-0.2, 0) is 35.7 Å². The van der Waals surface area contributed by atoms with Gasteiger partial charge in [-0.15, -0.1) is 0 Å². The number of aromatic nitrogens is 1. The summed E-state index contributed by atoms with van der Waals surface area (Å²) in [5.74, 6) is 8.20. The Kier molecular flexibility index (Phi) is 13.5. The number of allylic oxidation sites excluding steroid dienone is 2. The first kappa shape index (κ1) is 43.1. The number of benzene rings is 3. The summed E-state index contributed by atoms with van der Waals surface area (Å²) in [6, 6.07) is 13.3. The van der Waals surface area contributed by atoms with Crippen LogP contribution in [-0.4, -0.2) is 29.1 Å². The Balaban J connectivity index is 0.000000374. The molecule has 51 heavy (non-hydrogen) atoms. The van der Waals surface area contributed by atoms with E-state index >= 15 is 0 Å². The molecular formula is C46H64GeIrNO2-. The van der Waals surface area contributed by atoms with Gasteiger partial charge in [0.2, 0.25) is 0 Å². The molecule has 1 aliphatic carbocycles. The number of rotatable bonds is 8. The zero-order chi connectivity index (χ0) is 37.7. The van der Waals surface area contributed by atoms with Gasteiger partial charge in [-0.2, -0.15) is 0 Å². The topological polar surface area (TPSA) is 50.2 Å². The summed E-state index contributed by atoms with van der Waals surface area (Å²) in [6.07, 6.45) is 4.91. The predicted molar refractivity (Wildman–Crippen MR) is 220 cm³/mol. The summed E-state index contributed by atoms with van der Waals surface area (Å²) in [5.41, 5.74) is 13.1. The summed E-state index contributed by atoms with van der Waals surface area (Å²) in [7, 11) is 0. The molecule has 1 aromatic heterocycles. The minimum Gasteiger partial charge on any atom is 0 e. The number of hydrogen-bond acceptors (Lipinski definition) is 3. The van der Waals surface area contributed by atoms with Crippen molar-refractivity contribution >= 4 is 45.1 Å². The molecule has 0 unspecified atom stereocenters. The normalized spacial score (nSPS) is 15.0. The number of aliphatic hydroxyl groups is 1. The fourth-order valence-electron chi connectivity index (χ4n) is 8.43. The van der Waals surface area contributed by atoms with E-state index in [1.807, 2.05) is 27.7 Å². The average molecular weight is 928 g/mol. The molecule has 1 heterocycles. The van der Waals surface area contributed by atoms with Crippen LogP contribution in [0.2, 0.25) is 17.3 Å². The Morgan fingerprint density at radius 1 is 0.804 bits per heavy atom. The zero-order valence-electron chi connectivity index (χ0n) is 34.5. The molecule has 1 radical (unpaired) electrons. The molecule has 0 fully saturated rings. The van der Waals surface area contributed by atoms with Crippen molar-refractivity contribution in [2.24, 2.45) is 11.8 Å². The molecule has 0 saturated carbocycles. The molecule has 1 aliphatic rings. The van der Waals surface area contributed by atoms with Crippen LogP contribution in [0.3, 0.4) is 0 Å². The number of carbonyl (C=O) groups excluding carboxylic acids is 1. The SMILES string of the molecule is CCC(CC)C(=O)/C=C(\O)C(CC)CC.Cc1cc(C)c2[c]([Ge]([CH3])([CH3])[CH3])c3c(nc2c1)-c1[c-]c2cc(C)c(C)cc2c(C)c1C(C)(C)C3(C)C.[Ir]. The Morgan fingerprint density at radius 3 is 1.86 bits per heavy atom. The molecule has 5 heteroatoms. The number of ketones is 1. The summed E-state index contributed by atoms with van der Waals surface area (Å²) >= 11 is -2.34. The van der Waals surface area contributed by atoms with Gasteiger partial charge in [0.15, 0.2) is 5.78 Å². The third-order valence-electron chi connectivity index (χ3n) is 12.2. The van der Waals surface area contributed by atoms with E-state index in [0.29, 0.717) is 0 Å². The van der Waals surface area contributed by atoms with E-state index in [1.165, 1.54) is 72.4 Å². The molecule has 1 N–H and O–H groups in total. The van der Waals surface area contributed by atoms with Crippen molar-refractivity contribution in [2.45, 2.75) is 144 Å². The Morgan fingerprint density at radius 2 is 1.33 bits per heavy atom. The van der Waals surface area contributed by atoms with Gasteiger partial charge < -0.3 is 5.11 Å². The van der Waals surface area contributed by atoms with Crippen LogP contribution in [0, 0.1) is 52.5 Å². The predicted octanol–water partition coefficient (Wildman–Crippen LogP) is 12.4. The largest absolute Gasteiger partial charge is 0 e. The van der Waals surface area contributed by atoms with Crippen LogP contribution in [0.15, 0.2) is 36.1 Å².